The lowest BCUT2D eigenvalue weighted by molar-refractivity contribution is 0.540. The highest BCUT2D eigenvalue weighted by atomic mass is 32.2. The quantitative estimate of drug-likeness (QED) is 0.381. The lowest BCUT2D eigenvalue weighted by Gasteiger charge is -2.18. The van der Waals surface area contributed by atoms with Gasteiger partial charge in [-0.05, 0) is 37.5 Å². The van der Waals surface area contributed by atoms with E-state index in [4.69, 9.17) is 10.7 Å². The Morgan fingerprint density at radius 3 is 2.44 bits per heavy atom. The van der Waals surface area contributed by atoms with Crippen molar-refractivity contribution < 1.29 is 8.42 Å². The molecule has 0 fully saturated rings. The Kier molecular flexibility index (Phi) is 6.46. The van der Waals surface area contributed by atoms with Crippen molar-refractivity contribution in [1.82, 2.24) is 14.5 Å². The number of aryl methyl sites for hydroxylation is 2. The smallest absolute Gasteiger partial charge is 0.181 e. The first kappa shape index (κ1) is 22.3. The number of sulfone groups is 1. The van der Waals surface area contributed by atoms with Crippen LogP contribution in [0.5, 0.6) is 0 Å². The van der Waals surface area contributed by atoms with Crippen molar-refractivity contribution in [3.05, 3.63) is 60.4 Å². The van der Waals surface area contributed by atoms with E-state index in [0.717, 1.165) is 41.5 Å². The summed E-state index contributed by atoms with van der Waals surface area (Å²) in [7, 11) is -3.41. The summed E-state index contributed by atoms with van der Waals surface area (Å²) in [4.78, 5) is 9.77. The Morgan fingerprint density at radius 2 is 1.72 bits per heavy atom. The van der Waals surface area contributed by atoms with E-state index in [2.05, 4.69) is 16.5 Å². The predicted octanol–water partition coefficient (Wildman–Crippen LogP) is 5.15. The van der Waals surface area contributed by atoms with Crippen LogP contribution in [0.4, 0.5) is 5.82 Å². The minimum absolute atomic E-state index is 0.382. The topological polar surface area (TPSA) is 90.9 Å². The van der Waals surface area contributed by atoms with Gasteiger partial charge in [0.15, 0.2) is 15.7 Å². The normalized spacial score (nSPS) is 13.1. The minimum Gasteiger partial charge on any atom is -0.382 e. The highest BCUT2D eigenvalue weighted by molar-refractivity contribution is 7.92. The minimum atomic E-state index is -3.41. The summed E-state index contributed by atoms with van der Waals surface area (Å²) < 4.78 is 28.7. The molecule has 1 unspecified atom stereocenters. The summed E-state index contributed by atoms with van der Waals surface area (Å²) in [5.74, 6) is 1.36. The third kappa shape index (κ3) is 4.09. The Labute approximate surface area is 189 Å². The molecule has 168 valence electrons. The summed E-state index contributed by atoms with van der Waals surface area (Å²) in [6.45, 7) is 4.65. The number of nitrogens with zero attached hydrogens (tertiary/aromatic N) is 3. The van der Waals surface area contributed by atoms with Crippen molar-refractivity contribution >= 4 is 37.6 Å². The maximum Gasteiger partial charge on any atom is 0.181 e. The molecule has 0 aliphatic rings. The number of hydrogen-bond acceptors (Lipinski definition) is 5. The van der Waals surface area contributed by atoms with Crippen molar-refractivity contribution in [2.24, 2.45) is 0 Å². The molecule has 0 saturated heterocycles. The molecule has 7 heteroatoms. The fourth-order valence-electron chi connectivity index (χ4n) is 4.33. The zero-order valence-electron chi connectivity index (χ0n) is 18.7. The molecule has 0 aliphatic heterocycles. The van der Waals surface area contributed by atoms with Crippen LogP contribution in [0.1, 0.15) is 45.4 Å². The molecule has 2 aromatic carbocycles. The monoisotopic (exact) mass is 450 g/mol. The molecule has 4 aromatic rings. The van der Waals surface area contributed by atoms with Gasteiger partial charge in [0, 0.05) is 18.4 Å². The van der Waals surface area contributed by atoms with Crippen molar-refractivity contribution in [1.29, 1.82) is 0 Å². The number of nitrogen functional groups attached to an aromatic ring is 1. The highest BCUT2D eigenvalue weighted by Crippen LogP contribution is 2.30. The standard InChI is InChI=1S/C25H30N4O2S/c1-3-5-15-22-28-23-24(20-13-9-10-14-21(20)27-25(23)26)29(22)17-16-18(4-2)32(30,31)19-11-7-6-8-12-19/h6-14,18H,3-5,15-17H2,1-2H3,(H2,26,27). The number of pyridine rings is 1. The van der Waals surface area contributed by atoms with Gasteiger partial charge in [-0.2, -0.15) is 0 Å². The third-order valence-corrected chi connectivity index (χ3v) is 8.46. The van der Waals surface area contributed by atoms with Crippen molar-refractivity contribution in [3.63, 3.8) is 0 Å². The summed E-state index contributed by atoms with van der Waals surface area (Å²) in [5, 5.41) is 0.526. The second kappa shape index (κ2) is 9.28. The predicted molar refractivity (Wildman–Crippen MR) is 130 cm³/mol. The SMILES string of the molecule is CCCCc1nc2c(N)nc3ccccc3c2n1CCC(CC)S(=O)(=O)c1ccccc1. The number of rotatable bonds is 9. The molecule has 4 rings (SSSR count). The van der Waals surface area contributed by atoms with Crippen LogP contribution in [0.3, 0.4) is 0 Å². The van der Waals surface area contributed by atoms with E-state index in [1.165, 1.54) is 0 Å². The average Bonchev–Trinajstić information content (AvgIpc) is 3.18. The van der Waals surface area contributed by atoms with Crippen LogP contribution in [0.25, 0.3) is 21.9 Å². The second-order valence-electron chi connectivity index (χ2n) is 8.17. The maximum absolute atomic E-state index is 13.3. The van der Waals surface area contributed by atoms with Gasteiger partial charge < -0.3 is 10.3 Å². The van der Waals surface area contributed by atoms with Crippen molar-refractivity contribution in [2.75, 3.05) is 5.73 Å². The van der Waals surface area contributed by atoms with Crippen molar-refractivity contribution in [2.45, 2.75) is 62.6 Å². The molecule has 1 atom stereocenters. The summed E-state index contributed by atoms with van der Waals surface area (Å²) in [5.41, 5.74) is 8.75. The molecule has 0 bridgehead atoms. The van der Waals surface area contributed by atoms with Crippen molar-refractivity contribution in [3.8, 4) is 0 Å². The molecule has 0 amide bonds. The molecular formula is C25H30N4O2S. The van der Waals surface area contributed by atoms with Crippen LogP contribution < -0.4 is 5.73 Å². The van der Waals surface area contributed by atoms with E-state index in [0.29, 0.717) is 35.6 Å². The van der Waals surface area contributed by atoms with Crippen LogP contribution in [-0.2, 0) is 22.8 Å². The number of benzene rings is 2. The Hall–Kier alpha value is -2.93. The number of fused-ring (bicyclic) bond motifs is 3. The summed E-state index contributed by atoms with van der Waals surface area (Å²) in [6, 6.07) is 16.6. The molecule has 0 spiro atoms. The summed E-state index contributed by atoms with van der Waals surface area (Å²) >= 11 is 0. The van der Waals surface area contributed by atoms with Crippen LogP contribution in [-0.4, -0.2) is 28.2 Å². The number of aromatic nitrogens is 3. The Balaban J connectivity index is 1.77. The first-order valence-corrected chi connectivity index (χ1v) is 12.8. The first-order chi connectivity index (χ1) is 15.5. The van der Waals surface area contributed by atoms with E-state index in [9.17, 15) is 8.42 Å². The van der Waals surface area contributed by atoms with Gasteiger partial charge in [0.25, 0.3) is 0 Å². The molecule has 2 N–H and O–H groups in total. The number of nitrogens with two attached hydrogens (primary N) is 1. The van der Waals surface area contributed by atoms with Crippen LogP contribution in [0.15, 0.2) is 59.5 Å². The van der Waals surface area contributed by atoms with Gasteiger partial charge in [0.1, 0.15) is 11.3 Å². The largest absolute Gasteiger partial charge is 0.382 e. The van der Waals surface area contributed by atoms with Gasteiger partial charge in [-0.1, -0.05) is 56.7 Å². The van der Waals surface area contributed by atoms with E-state index < -0.39 is 15.1 Å². The fraction of sp³-hybridized carbons (Fsp3) is 0.360. The van der Waals surface area contributed by atoms with Gasteiger partial charge in [-0.25, -0.2) is 18.4 Å². The number of anilines is 1. The molecule has 2 heterocycles. The van der Waals surface area contributed by atoms with Gasteiger partial charge in [-0.3, -0.25) is 0 Å². The maximum atomic E-state index is 13.3. The van der Waals surface area contributed by atoms with E-state index in [1.54, 1.807) is 24.3 Å². The molecule has 0 radical (unpaired) electrons. The first-order valence-electron chi connectivity index (χ1n) is 11.3. The summed E-state index contributed by atoms with van der Waals surface area (Å²) in [6.07, 6.45) is 3.94. The Bertz CT molecular complexity index is 1330. The molecule has 32 heavy (non-hydrogen) atoms. The zero-order valence-corrected chi connectivity index (χ0v) is 19.5. The van der Waals surface area contributed by atoms with Crippen LogP contribution >= 0.6 is 0 Å². The Morgan fingerprint density at radius 1 is 1.00 bits per heavy atom. The number of unbranched alkanes of at least 4 members (excludes halogenated alkanes) is 1. The van der Waals surface area contributed by atoms with E-state index in [-0.39, 0.29) is 0 Å². The highest BCUT2D eigenvalue weighted by Gasteiger charge is 2.26. The third-order valence-electron chi connectivity index (χ3n) is 6.08. The van der Waals surface area contributed by atoms with Gasteiger partial charge >= 0.3 is 0 Å². The molecule has 6 nitrogen and oxygen atoms in total. The van der Waals surface area contributed by atoms with Gasteiger partial charge in [-0.15, -0.1) is 0 Å². The van der Waals surface area contributed by atoms with Gasteiger partial charge in [0.05, 0.1) is 21.2 Å². The lowest BCUT2D eigenvalue weighted by Crippen LogP contribution is -2.23. The fourth-order valence-corrected chi connectivity index (χ4v) is 6.10. The van der Waals surface area contributed by atoms with Crippen LogP contribution in [0, 0.1) is 0 Å². The number of hydrogen-bond donors (Lipinski definition) is 1. The van der Waals surface area contributed by atoms with Gasteiger partial charge in [0.2, 0.25) is 0 Å². The average molecular weight is 451 g/mol. The molecule has 0 aliphatic carbocycles. The second-order valence-corrected chi connectivity index (χ2v) is 10.4. The number of para-hydroxylation sites is 1. The molecule has 0 saturated carbocycles. The zero-order chi connectivity index (χ0) is 22.7. The molecular weight excluding hydrogens is 420 g/mol. The van der Waals surface area contributed by atoms with E-state index >= 15 is 0 Å². The lowest BCUT2D eigenvalue weighted by atomic mass is 10.1. The van der Waals surface area contributed by atoms with Crippen LogP contribution in [0.2, 0.25) is 0 Å². The molecule has 2 aromatic heterocycles. The number of imidazole rings is 1. The van der Waals surface area contributed by atoms with E-state index in [1.807, 2.05) is 37.3 Å².